The van der Waals surface area contributed by atoms with Gasteiger partial charge in [-0.2, -0.15) is 0 Å². The topological polar surface area (TPSA) is 30.7 Å². The number of fused-ring (bicyclic) bond motifs is 11. The van der Waals surface area contributed by atoms with Gasteiger partial charge >= 0.3 is 0 Å². The van der Waals surface area contributed by atoms with Gasteiger partial charge in [-0.05, 0) is 39.7 Å². The van der Waals surface area contributed by atoms with Crippen LogP contribution < -0.4 is 0 Å². The Morgan fingerprint density at radius 1 is 0.440 bits per heavy atom. The highest BCUT2D eigenvalue weighted by Crippen LogP contribution is 2.46. The van der Waals surface area contributed by atoms with E-state index in [4.69, 9.17) is 9.97 Å². The van der Waals surface area contributed by atoms with Crippen LogP contribution in [0.1, 0.15) is 0 Å². The molecule has 0 aliphatic carbocycles. The number of rotatable bonds is 3. The largest absolute Gasteiger partial charge is 0.277 e. The Morgan fingerprint density at radius 2 is 1.08 bits per heavy atom. The van der Waals surface area contributed by atoms with E-state index in [9.17, 15) is 0 Å². The predicted octanol–water partition coefficient (Wildman–Crippen LogP) is 12.7. The number of benzene rings is 8. The molecule has 0 radical (unpaired) electrons. The quantitative estimate of drug-likeness (QED) is 0.190. The Labute approximate surface area is 291 Å². The highest BCUT2D eigenvalue weighted by atomic mass is 32.1. The van der Waals surface area contributed by atoms with Crippen molar-refractivity contribution in [2.75, 3.05) is 0 Å². The van der Waals surface area contributed by atoms with Crippen molar-refractivity contribution in [3.8, 4) is 28.3 Å². The zero-order chi connectivity index (χ0) is 32.8. The summed E-state index contributed by atoms with van der Waals surface area (Å²) in [6, 6.07) is 58.8. The molecule has 50 heavy (non-hydrogen) atoms. The van der Waals surface area contributed by atoms with Crippen LogP contribution in [0.25, 0.3) is 103 Å². The summed E-state index contributed by atoms with van der Waals surface area (Å²) in [6.07, 6.45) is 0. The summed E-state index contributed by atoms with van der Waals surface area (Å²) < 4.78 is 4.90. The maximum absolute atomic E-state index is 5.41. The molecule has 0 spiro atoms. The monoisotopic (exact) mass is 653 g/mol. The average Bonchev–Trinajstić information content (AvgIpc) is 3.74. The maximum atomic E-state index is 5.41. The summed E-state index contributed by atoms with van der Waals surface area (Å²) in [5.41, 5.74) is 7.51. The third-order valence-electron chi connectivity index (χ3n) is 10.2. The van der Waals surface area contributed by atoms with E-state index in [1.165, 1.54) is 63.6 Å². The van der Waals surface area contributed by atoms with Crippen LogP contribution >= 0.6 is 11.3 Å². The Morgan fingerprint density at radius 3 is 1.90 bits per heavy atom. The molecule has 0 fully saturated rings. The van der Waals surface area contributed by atoms with Gasteiger partial charge in [-0.1, -0.05) is 146 Å². The van der Waals surface area contributed by atoms with Crippen molar-refractivity contribution in [1.29, 1.82) is 0 Å². The fourth-order valence-electron chi connectivity index (χ4n) is 8.02. The molecule has 0 atom stereocenters. The Balaban J connectivity index is 1.30. The lowest BCUT2D eigenvalue weighted by Gasteiger charge is -2.14. The van der Waals surface area contributed by atoms with Crippen LogP contribution in [0, 0.1) is 0 Å². The van der Waals surface area contributed by atoms with E-state index in [2.05, 4.69) is 168 Å². The zero-order valence-electron chi connectivity index (χ0n) is 26.8. The van der Waals surface area contributed by atoms with Crippen molar-refractivity contribution in [2.45, 2.75) is 0 Å². The van der Waals surface area contributed by atoms with E-state index in [-0.39, 0.29) is 0 Å². The van der Waals surface area contributed by atoms with Crippen molar-refractivity contribution in [2.24, 2.45) is 0 Å². The van der Waals surface area contributed by atoms with E-state index >= 15 is 0 Å². The molecule has 0 saturated carbocycles. The molecule has 0 amide bonds. The first kappa shape index (κ1) is 27.6. The molecule has 0 N–H and O–H groups in total. The van der Waals surface area contributed by atoms with Crippen LogP contribution in [0.4, 0.5) is 0 Å². The minimum absolute atomic E-state index is 0.666. The van der Waals surface area contributed by atoms with E-state index < -0.39 is 0 Å². The Bertz CT molecular complexity index is 3150. The van der Waals surface area contributed by atoms with Crippen molar-refractivity contribution < 1.29 is 0 Å². The molecule has 11 rings (SSSR count). The van der Waals surface area contributed by atoms with Gasteiger partial charge in [-0.15, -0.1) is 11.3 Å². The van der Waals surface area contributed by atoms with Gasteiger partial charge in [0.1, 0.15) is 0 Å². The zero-order valence-corrected chi connectivity index (χ0v) is 27.7. The third kappa shape index (κ3) is 3.91. The normalized spacial score (nSPS) is 12.0. The Kier molecular flexibility index (Phi) is 5.83. The summed E-state index contributed by atoms with van der Waals surface area (Å²) in [5.74, 6) is 0.666. The van der Waals surface area contributed by atoms with Crippen molar-refractivity contribution >= 4 is 85.8 Å². The van der Waals surface area contributed by atoms with Crippen LogP contribution in [0.5, 0.6) is 0 Å². The fourth-order valence-corrected chi connectivity index (χ4v) is 9.27. The van der Waals surface area contributed by atoms with Gasteiger partial charge in [0.05, 0.1) is 22.2 Å². The van der Waals surface area contributed by atoms with Gasteiger partial charge in [0.15, 0.2) is 0 Å². The SMILES string of the molecule is c1ccc(-c2nc(-n3c4ccc5ccccc5c4c4cccc(-c5cccc6c5sc5ccc7ccccc7c56)c43)nc3ccccc23)cc1. The number of aromatic nitrogens is 3. The van der Waals surface area contributed by atoms with Gasteiger partial charge in [0.2, 0.25) is 5.95 Å². The fraction of sp³-hybridized carbons (Fsp3) is 0. The summed E-state index contributed by atoms with van der Waals surface area (Å²) >= 11 is 1.88. The lowest BCUT2D eigenvalue weighted by atomic mass is 9.97. The molecule has 3 aromatic heterocycles. The molecule has 232 valence electrons. The second-order valence-corrected chi connectivity index (χ2v) is 14.0. The first-order valence-electron chi connectivity index (χ1n) is 16.9. The van der Waals surface area contributed by atoms with Gasteiger partial charge < -0.3 is 0 Å². The number of hydrogen-bond acceptors (Lipinski definition) is 3. The summed E-state index contributed by atoms with van der Waals surface area (Å²) in [5, 5.41) is 11.1. The average molecular weight is 654 g/mol. The third-order valence-corrected chi connectivity index (χ3v) is 11.4. The molecule has 0 unspecified atom stereocenters. The highest BCUT2D eigenvalue weighted by molar-refractivity contribution is 7.26. The minimum Gasteiger partial charge on any atom is -0.277 e. The van der Waals surface area contributed by atoms with Gasteiger partial charge in [-0.3, -0.25) is 4.57 Å². The first-order chi connectivity index (χ1) is 24.8. The standard InChI is InChI=1S/C46H27N3S/c1-2-14-30(15-3-1)43-35-18-8-9-23-38(35)47-46(48-43)49-39-26-24-28-12-4-6-16-31(28)41(39)36-21-10-19-33(44(36)49)34-20-11-22-37-42-32-17-7-5-13-29(32)25-27-40(42)50-45(34)37/h1-27H. The molecular formula is C46H27N3S. The molecule has 0 aliphatic rings. The summed E-state index contributed by atoms with van der Waals surface area (Å²) in [6.45, 7) is 0. The maximum Gasteiger partial charge on any atom is 0.235 e. The van der Waals surface area contributed by atoms with Gasteiger partial charge in [0.25, 0.3) is 0 Å². The van der Waals surface area contributed by atoms with E-state index in [1.807, 2.05) is 11.3 Å². The van der Waals surface area contributed by atoms with Crippen molar-refractivity contribution in [1.82, 2.24) is 14.5 Å². The van der Waals surface area contributed by atoms with Crippen LogP contribution in [-0.4, -0.2) is 14.5 Å². The molecule has 0 bridgehead atoms. The number of para-hydroxylation sites is 2. The molecular weight excluding hydrogens is 627 g/mol. The van der Waals surface area contributed by atoms with E-state index in [1.54, 1.807) is 0 Å². The lowest BCUT2D eigenvalue weighted by molar-refractivity contribution is 1.01. The number of hydrogen-bond donors (Lipinski definition) is 0. The van der Waals surface area contributed by atoms with Crippen LogP contribution in [0.2, 0.25) is 0 Å². The number of nitrogens with zero attached hydrogens (tertiary/aromatic N) is 3. The van der Waals surface area contributed by atoms with E-state index in [0.717, 1.165) is 33.2 Å². The van der Waals surface area contributed by atoms with Gasteiger partial charge in [0, 0.05) is 53.0 Å². The second kappa shape index (κ2) is 10.6. The molecule has 3 nitrogen and oxygen atoms in total. The highest BCUT2D eigenvalue weighted by Gasteiger charge is 2.23. The molecule has 11 aromatic rings. The molecule has 8 aromatic carbocycles. The van der Waals surface area contributed by atoms with Crippen LogP contribution in [0.3, 0.4) is 0 Å². The second-order valence-electron chi connectivity index (χ2n) is 12.9. The Hall–Kier alpha value is -6.36. The summed E-state index contributed by atoms with van der Waals surface area (Å²) in [4.78, 5) is 10.7. The van der Waals surface area contributed by atoms with E-state index in [0.29, 0.717) is 5.95 Å². The van der Waals surface area contributed by atoms with Crippen LogP contribution in [-0.2, 0) is 0 Å². The minimum atomic E-state index is 0.666. The lowest BCUT2D eigenvalue weighted by Crippen LogP contribution is -2.04. The molecule has 3 heterocycles. The molecule has 4 heteroatoms. The summed E-state index contributed by atoms with van der Waals surface area (Å²) in [7, 11) is 0. The van der Waals surface area contributed by atoms with Gasteiger partial charge in [-0.25, -0.2) is 9.97 Å². The van der Waals surface area contributed by atoms with Crippen molar-refractivity contribution in [3.05, 3.63) is 164 Å². The first-order valence-corrected chi connectivity index (χ1v) is 17.7. The van der Waals surface area contributed by atoms with Crippen LogP contribution in [0.15, 0.2) is 164 Å². The number of thiophene rings is 1. The smallest absolute Gasteiger partial charge is 0.235 e. The molecule has 0 aliphatic heterocycles. The predicted molar refractivity (Wildman–Crippen MR) is 213 cm³/mol. The van der Waals surface area contributed by atoms with Crippen molar-refractivity contribution in [3.63, 3.8) is 0 Å². The molecule has 0 saturated heterocycles.